The van der Waals surface area contributed by atoms with Crippen LogP contribution in [0.3, 0.4) is 0 Å². The van der Waals surface area contributed by atoms with Crippen LogP contribution in [0.25, 0.3) is 0 Å². The molecule has 0 spiro atoms. The van der Waals surface area contributed by atoms with E-state index >= 15 is 0 Å². The molecule has 0 bridgehead atoms. The third-order valence-electron chi connectivity index (χ3n) is 1.95. The maximum Gasteiger partial charge on any atom is 0.0473 e. The largest absolute Gasteiger partial charge is 0.261 e. The summed E-state index contributed by atoms with van der Waals surface area (Å²) in [4.78, 5) is 4.34. The Morgan fingerprint density at radius 2 is 2.38 bits per heavy atom. The maximum absolute atomic E-state index is 4.34. The molecule has 0 saturated heterocycles. The van der Waals surface area contributed by atoms with Crippen molar-refractivity contribution in [3.63, 3.8) is 0 Å². The minimum atomic E-state index is 0.899. The molecular weight excluding hydrogens is 158 g/mol. The van der Waals surface area contributed by atoms with E-state index in [9.17, 15) is 0 Å². The third kappa shape index (κ3) is 2.86. The molecule has 0 aliphatic heterocycles. The van der Waals surface area contributed by atoms with Crippen LogP contribution >= 0.6 is 0 Å². The lowest BCUT2D eigenvalue weighted by Crippen LogP contribution is -1.93. The SMILES string of the molecule is C=CC=CCc1ncccc1CC. The zero-order valence-corrected chi connectivity index (χ0v) is 8.03. The topological polar surface area (TPSA) is 12.9 Å². The molecule has 13 heavy (non-hydrogen) atoms. The molecule has 1 heterocycles. The van der Waals surface area contributed by atoms with E-state index in [-0.39, 0.29) is 0 Å². The molecular formula is C12H15N. The zero-order valence-electron chi connectivity index (χ0n) is 8.03. The lowest BCUT2D eigenvalue weighted by molar-refractivity contribution is 1.01. The van der Waals surface area contributed by atoms with Gasteiger partial charge in [-0.15, -0.1) is 0 Å². The molecule has 1 nitrogen and oxygen atoms in total. The van der Waals surface area contributed by atoms with Gasteiger partial charge >= 0.3 is 0 Å². The van der Waals surface area contributed by atoms with E-state index in [0.29, 0.717) is 0 Å². The number of aryl methyl sites for hydroxylation is 1. The first-order chi connectivity index (χ1) is 6.38. The summed E-state index contributed by atoms with van der Waals surface area (Å²) >= 11 is 0. The summed E-state index contributed by atoms with van der Waals surface area (Å²) in [6.45, 7) is 5.78. The molecule has 0 aliphatic rings. The Labute approximate surface area is 79.8 Å². The van der Waals surface area contributed by atoms with E-state index < -0.39 is 0 Å². The number of aromatic nitrogens is 1. The first-order valence-corrected chi connectivity index (χ1v) is 4.58. The van der Waals surface area contributed by atoms with Gasteiger partial charge in [-0.2, -0.15) is 0 Å². The van der Waals surface area contributed by atoms with E-state index in [4.69, 9.17) is 0 Å². The minimum absolute atomic E-state index is 0.899. The Morgan fingerprint density at radius 3 is 3.08 bits per heavy atom. The highest BCUT2D eigenvalue weighted by Gasteiger charge is 1.97. The van der Waals surface area contributed by atoms with Gasteiger partial charge in [0.1, 0.15) is 0 Å². The molecule has 0 aromatic carbocycles. The van der Waals surface area contributed by atoms with Crippen molar-refractivity contribution in [2.24, 2.45) is 0 Å². The lowest BCUT2D eigenvalue weighted by atomic mass is 10.1. The first-order valence-electron chi connectivity index (χ1n) is 4.58. The molecule has 1 aromatic rings. The quantitative estimate of drug-likeness (QED) is 0.638. The van der Waals surface area contributed by atoms with Crippen LogP contribution in [-0.4, -0.2) is 4.98 Å². The predicted octanol–water partition coefficient (Wildman–Crippen LogP) is 2.93. The second-order valence-electron chi connectivity index (χ2n) is 2.83. The van der Waals surface area contributed by atoms with Crippen molar-refractivity contribution < 1.29 is 0 Å². The van der Waals surface area contributed by atoms with Crippen LogP contribution in [0.1, 0.15) is 18.2 Å². The monoisotopic (exact) mass is 173 g/mol. The highest BCUT2D eigenvalue weighted by Crippen LogP contribution is 2.07. The Bertz CT molecular complexity index is 300. The normalized spacial score (nSPS) is 10.5. The van der Waals surface area contributed by atoms with E-state index in [1.165, 1.54) is 11.3 Å². The van der Waals surface area contributed by atoms with Crippen LogP contribution in [0.4, 0.5) is 0 Å². The van der Waals surface area contributed by atoms with Gasteiger partial charge in [-0.25, -0.2) is 0 Å². The summed E-state index contributed by atoms with van der Waals surface area (Å²) in [6, 6.07) is 4.11. The molecule has 0 amide bonds. The molecule has 0 unspecified atom stereocenters. The molecule has 0 N–H and O–H groups in total. The van der Waals surface area contributed by atoms with Gasteiger partial charge < -0.3 is 0 Å². The molecule has 1 heteroatoms. The highest BCUT2D eigenvalue weighted by molar-refractivity contribution is 5.22. The van der Waals surface area contributed by atoms with Gasteiger partial charge in [0.2, 0.25) is 0 Å². The van der Waals surface area contributed by atoms with Crippen molar-refractivity contribution in [2.75, 3.05) is 0 Å². The summed E-state index contributed by atoms with van der Waals surface area (Å²) in [5, 5.41) is 0. The first kappa shape index (κ1) is 9.72. The highest BCUT2D eigenvalue weighted by atomic mass is 14.7. The van der Waals surface area contributed by atoms with Crippen LogP contribution in [0, 0.1) is 0 Å². The Morgan fingerprint density at radius 1 is 1.54 bits per heavy atom. The van der Waals surface area contributed by atoms with E-state index in [1.54, 1.807) is 6.08 Å². The summed E-state index contributed by atoms with van der Waals surface area (Å²) in [6.07, 6.45) is 9.61. The molecule has 0 saturated carbocycles. The van der Waals surface area contributed by atoms with Gasteiger partial charge in [-0.05, 0) is 18.1 Å². The number of rotatable bonds is 4. The van der Waals surface area contributed by atoms with E-state index in [1.807, 2.05) is 18.3 Å². The van der Waals surface area contributed by atoms with Crippen molar-refractivity contribution in [3.05, 3.63) is 54.4 Å². The van der Waals surface area contributed by atoms with Crippen LogP contribution in [0.2, 0.25) is 0 Å². The van der Waals surface area contributed by atoms with Gasteiger partial charge in [0.25, 0.3) is 0 Å². The number of pyridine rings is 1. The molecule has 1 aromatic heterocycles. The van der Waals surface area contributed by atoms with Gasteiger partial charge in [0, 0.05) is 18.3 Å². The third-order valence-corrected chi connectivity index (χ3v) is 1.95. The summed E-state index contributed by atoms with van der Waals surface area (Å²) in [5.74, 6) is 0. The Balaban J connectivity index is 2.74. The summed E-state index contributed by atoms with van der Waals surface area (Å²) < 4.78 is 0. The number of nitrogens with zero attached hydrogens (tertiary/aromatic N) is 1. The predicted molar refractivity (Wildman–Crippen MR) is 56.7 cm³/mol. The van der Waals surface area contributed by atoms with Crippen LogP contribution in [0.5, 0.6) is 0 Å². The van der Waals surface area contributed by atoms with Crippen molar-refractivity contribution in [1.29, 1.82) is 0 Å². The van der Waals surface area contributed by atoms with Crippen LogP contribution in [0.15, 0.2) is 43.1 Å². The molecule has 0 atom stereocenters. The fraction of sp³-hybridized carbons (Fsp3) is 0.250. The molecule has 0 radical (unpaired) electrons. The summed E-state index contributed by atoms with van der Waals surface area (Å²) in [7, 11) is 0. The lowest BCUT2D eigenvalue weighted by Gasteiger charge is -2.02. The molecule has 68 valence electrons. The maximum atomic E-state index is 4.34. The second-order valence-corrected chi connectivity index (χ2v) is 2.83. The smallest absolute Gasteiger partial charge is 0.0473 e. The van der Waals surface area contributed by atoms with Gasteiger partial charge in [-0.3, -0.25) is 4.98 Å². The van der Waals surface area contributed by atoms with Gasteiger partial charge in [0.15, 0.2) is 0 Å². The minimum Gasteiger partial charge on any atom is -0.261 e. The number of allylic oxidation sites excluding steroid dienone is 3. The zero-order chi connectivity index (χ0) is 9.52. The summed E-state index contributed by atoms with van der Waals surface area (Å²) in [5.41, 5.74) is 2.50. The second kappa shape index (κ2) is 5.31. The van der Waals surface area contributed by atoms with Crippen molar-refractivity contribution in [2.45, 2.75) is 19.8 Å². The fourth-order valence-corrected chi connectivity index (χ4v) is 1.25. The van der Waals surface area contributed by atoms with Gasteiger partial charge in [-0.1, -0.05) is 37.8 Å². The standard InChI is InChI=1S/C12H15N/c1-3-5-6-9-12-11(4-2)8-7-10-13-12/h3,5-8,10H,1,4,9H2,2H3. The Hall–Kier alpha value is -1.37. The average molecular weight is 173 g/mol. The Kier molecular flexibility index (Phi) is 3.97. The van der Waals surface area contributed by atoms with Crippen molar-refractivity contribution in [3.8, 4) is 0 Å². The average Bonchev–Trinajstić information content (AvgIpc) is 2.19. The number of hydrogen-bond acceptors (Lipinski definition) is 1. The molecule has 0 fully saturated rings. The molecule has 1 rings (SSSR count). The van der Waals surface area contributed by atoms with Crippen LogP contribution in [-0.2, 0) is 12.8 Å². The molecule has 0 aliphatic carbocycles. The fourth-order valence-electron chi connectivity index (χ4n) is 1.25. The van der Waals surface area contributed by atoms with Crippen LogP contribution < -0.4 is 0 Å². The van der Waals surface area contributed by atoms with Crippen molar-refractivity contribution >= 4 is 0 Å². The van der Waals surface area contributed by atoms with Gasteiger partial charge in [0.05, 0.1) is 0 Å². The van der Waals surface area contributed by atoms with E-state index in [2.05, 4.69) is 30.6 Å². The number of hydrogen-bond donors (Lipinski definition) is 0. The van der Waals surface area contributed by atoms with E-state index in [0.717, 1.165) is 12.8 Å². The van der Waals surface area contributed by atoms with Crippen molar-refractivity contribution in [1.82, 2.24) is 4.98 Å².